The van der Waals surface area contributed by atoms with Crippen LogP contribution in [0.3, 0.4) is 0 Å². The number of sulfonamides is 1. The Morgan fingerprint density at radius 3 is 2.21 bits per heavy atom. The second kappa shape index (κ2) is 14.7. The van der Waals surface area contributed by atoms with Crippen molar-refractivity contribution in [3.63, 3.8) is 0 Å². The lowest BCUT2D eigenvalue weighted by Crippen LogP contribution is -2.52. The summed E-state index contributed by atoms with van der Waals surface area (Å²) in [5.41, 5.74) is 0.618. The van der Waals surface area contributed by atoms with E-state index in [-0.39, 0.29) is 41.4 Å². The van der Waals surface area contributed by atoms with Crippen molar-refractivity contribution in [3.8, 4) is 5.75 Å². The molecule has 0 spiro atoms. The molecule has 1 fully saturated rings. The van der Waals surface area contributed by atoms with Gasteiger partial charge in [0.25, 0.3) is 10.0 Å². The van der Waals surface area contributed by atoms with E-state index in [0.29, 0.717) is 20.6 Å². The van der Waals surface area contributed by atoms with E-state index in [1.54, 1.807) is 56.3 Å². The number of rotatable bonds is 12. The van der Waals surface area contributed by atoms with Crippen LogP contribution in [0.2, 0.25) is 15.1 Å². The molecule has 1 aliphatic carbocycles. The van der Waals surface area contributed by atoms with E-state index in [2.05, 4.69) is 5.32 Å². The lowest BCUT2D eigenvalue weighted by molar-refractivity contribution is -0.139. The molecule has 0 heterocycles. The summed E-state index contributed by atoms with van der Waals surface area (Å²) < 4.78 is 34.9. The van der Waals surface area contributed by atoms with Crippen LogP contribution in [0, 0.1) is 0 Å². The van der Waals surface area contributed by atoms with E-state index in [9.17, 15) is 18.0 Å². The molecule has 1 unspecified atom stereocenters. The zero-order chi connectivity index (χ0) is 31.1. The molecule has 230 valence electrons. The zero-order valence-electron chi connectivity index (χ0n) is 23.9. The molecule has 2 amide bonds. The number of halogens is 3. The highest BCUT2D eigenvalue weighted by Gasteiger charge is 2.35. The van der Waals surface area contributed by atoms with Gasteiger partial charge in [-0.25, -0.2) is 8.42 Å². The minimum atomic E-state index is -4.30. The molecule has 12 heteroatoms. The maximum absolute atomic E-state index is 14.2. The third kappa shape index (κ3) is 7.95. The number of hydrogen-bond donors (Lipinski definition) is 1. The van der Waals surface area contributed by atoms with Crippen molar-refractivity contribution in [2.45, 2.75) is 63.1 Å². The highest BCUT2D eigenvalue weighted by Crippen LogP contribution is 2.34. The zero-order valence-corrected chi connectivity index (χ0v) is 27.0. The first-order valence-electron chi connectivity index (χ1n) is 14.1. The molecular weight excluding hydrogens is 633 g/mol. The summed E-state index contributed by atoms with van der Waals surface area (Å²) in [5, 5.41) is 4.04. The third-order valence-electron chi connectivity index (χ3n) is 7.37. The Labute approximate surface area is 267 Å². The summed E-state index contributed by atoms with van der Waals surface area (Å²) in [5.74, 6) is -0.692. The van der Waals surface area contributed by atoms with Gasteiger partial charge in [0.1, 0.15) is 18.3 Å². The fourth-order valence-electron chi connectivity index (χ4n) is 5.02. The van der Waals surface area contributed by atoms with Gasteiger partial charge in [-0.1, -0.05) is 65.8 Å². The van der Waals surface area contributed by atoms with Crippen molar-refractivity contribution < 1.29 is 22.7 Å². The smallest absolute Gasteiger partial charge is 0.264 e. The number of hydrogen-bond acceptors (Lipinski definition) is 5. The first-order chi connectivity index (χ1) is 20.5. The lowest BCUT2D eigenvalue weighted by Gasteiger charge is -2.33. The molecule has 0 aromatic heterocycles. The second-order valence-electron chi connectivity index (χ2n) is 10.3. The summed E-state index contributed by atoms with van der Waals surface area (Å²) in [4.78, 5) is 28.9. The van der Waals surface area contributed by atoms with Crippen LogP contribution in [-0.4, -0.2) is 50.4 Å². The second-order valence-corrected chi connectivity index (χ2v) is 13.4. The first-order valence-corrected chi connectivity index (χ1v) is 16.6. The highest BCUT2D eigenvalue weighted by atomic mass is 35.5. The van der Waals surface area contributed by atoms with Crippen molar-refractivity contribution in [1.82, 2.24) is 10.2 Å². The molecule has 0 radical (unpaired) electrons. The monoisotopic (exact) mass is 665 g/mol. The predicted molar refractivity (Wildman–Crippen MR) is 170 cm³/mol. The quantitative estimate of drug-likeness (QED) is 0.232. The van der Waals surface area contributed by atoms with Gasteiger partial charge in [0.15, 0.2) is 0 Å². The molecule has 0 saturated heterocycles. The maximum atomic E-state index is 14.2. The number of para-hydroxylation sites is 2. The molecule has 3 aromatic rings. The first kappa shape index (κ1) is 32.9. The number of benzene rings is 3. The molecular formula is C31H34Cl3N3O5S. The summed E-state index contributed by atoms with van der Waals surface area (Å²) in [6.07, 6.45) is 3.77. The van der Waals surface area contributed by atoms with E-state index < -0.39 is 28.5 Å². The average Bonchev–Trinajstić information content (AvgIpc) is 3.49. The van der Waals surface area contributed by atoms with Gasteiger partial charge in [0.2, 0.25) is 11.8 Å². The van der Waals surface area contributed by atoms with Gasteiger partial charge in [-0.05, 0) is 75.2 Å². The Hall–Kier alpha value is -2.98. The maximum Gasteiger partial charge on any atom is 0.264 e. The lowest BCUT2D eigenvalue weighted by atomic mass is 10.1. The van der Waals surface area contributed by atoms with Gasteiger partial charge in [0, 0.05) is 33.2 Å². The van der Waals surface area contributed by atoms with Gasteiger partial charge in [0.05, 0.1) is 17.2 Å². The molecule has 1 N–H and O–H groups in total. The SMILES string of the molecule is CCOc1ccccc1N(CC(=O)N(Cc1c(Cl)cccc1Cl)C(C)C(=O)NC1CCCC1)S(=O)(=O)c1ccc(Cl)cc1. The van der Waals surface area contributed by atoms with Crippen LogP contribution in [0.5, 0.6) is 5.75 Å². The topological polar surface area (TPSA) is 96.0 Å². The number of ether oxygens (including phenoxy) is 1. The normalized spacial score (nSPS) is 14.3. The van der Waals surface area contributed by atoms with Crippen molar-refractivity contribution in [1.29, 1.82) is 0 Å². The Morgan fingerprint density at radius 2 is 1.58 bits per heavy atom. The van der Waals surface area contributed by atoms with Crippen LogP contribution >= 0.6 is 34.8 Å². The molecule has 0 aliphatic heterocycles. The predicted octanol–water partition coefficient (Wildman–Crippen LogP) is 6.72. The molecule has 1 atom stereocenters. The highest BCUT2D eigenvalue weighted by molar-refractivity contribution is 7.92. The fourth-order valence-corrected chi connectivity index (χ4v) is 7.08. The summed E-state index contributed by atoms with van der Waals surface area (Å²) in [6.45, 7) is 2.92. The van der Waals surface area contributed by atoms with Gasteiger partial charge in [-0.15, -0.1) is 0 Å². The van der Waals surface area contributed by atoms with Crippen LogP contribution in [0.15, 0.2) is 71.6 Å². The number of amides is 2. The van der Waals surface area contributed by atoms with Crippen molar-refractivity contribution >= 4 is 62.3 Å². The Kier molecular flexibility index (Phi) is 11.2. The van der Waals surface area contributed by atoms with E-state index >= 15 is 0 Å². The number of nitrogens with one attached hydrogen (secondary N) is 1. The molecule has 3 aromatic carbocycles. The Balaban J connectivity index is 1.75. The van der Waals surface area contributed by atoms with Gasteiger partial charge < -0.3 is 15.0 Å². The van der Waals surface area contributed by atoms with Gasteiger partial charge >= 0.3 is 0 Å². The largest absolute Gasteiger partial charge is 0.492 e. The van der Waals surface area contributed by atoms with Gasteiger partial charge in [-0.2, -0.15) is 0 Å². The van der Waals surface area contributed by atoms with E-state index in [1.807, 2.05) is 0 Å². The summed E-state index contributed by atoms with van der Waals surface area (Å²) >= 11 is 19.0. The van der Waals surface area contributed by atoms with Crippen LogP contribution in [0.4, 0.5) is 5.69 Å². The Morgan fingerprint density at radius 1 is 0.953 bits per heavy atom. The van der Waals surface area contributed by atoms with Crippen molar-refractivity contribution in [2.24, 2.45) is 0 Å². The third-order valence-corrected chi connectivity index (χ3v) is 10.1. The number of nitrogens with zero attached hydrogens (tertiary/aromatic N) is 2. The fraction of sp³-hybridized carbons (Fsp3) is 0.355. The Bertz CT molecular complexity index is 1530. The standard InChI is InChI=1S/C31H34Cl3N3O5S/c1-3-42-29-14-7-6-13-28(29)37(43(40,41)24-17-15-22(32)16-18-24)20-30(38)36(19-25-26(33)11-8-12-27(25)34)21(2)31(39)35-23-9-4-5-10-23/h6-8,11-18,21,23H,3-5,9-10,19-20H2,1-2H3,(H,35,39). The number of carbonyl (C=O) groups is 2. The molecule has 1 aliphatic rings. The number of carbonyl (C=O) groups excluding carboxylic acids is 2. The molecule has 43 heavy (non-hydrogen) atoms. The summed E-state index contributed by atoms with van der Waals surface area (Å²) in [6, 6.07) is 16.3. The molecule has 0 bridgehead atoms. The number of anilines is 1. The van der Waals surface area contributed by atoms with Crippen LogP contribution in [-0.2, 0) is 26.2 Å². The molecule has 8 nitrogen and oxygen atoms in total. The molecule has 1 saturated carbocycles. The van der Waals surface area contributed by atoms with Crippen LogP contribution in [0.1, 0.15) is 45.1 Å². The van der Waals surface area contributed by atoms with E-state index in [1.165, 1.54) is 29.2 Å². The van der Waals surface area contributed by atoms with Crippen LogP contribution < -0.4 is 14.4 Å². The van der Waals surface area contributed by atoms with Gasteiger partial charge in [-0.3, -0.25) is 13.9 Å². The minimum Gasteiger partial charge on any atom is -0.492 e. The molecule has 4 rings (SSSR count). The van der Waals surface area contributed by atoms with E-state index in [0.717, 1.165) is 30.0 Å². The minimum absolute atomic E-state index is 0.0238. The summed E-state index contributed by atoms with van der Waals surface area (Å²) in [7, 11) is -4.30. The average molecular weight is 667 g/mol. The van der Waals surface area contributed by atoms with Crippen molar-refractivity contribution in [3.05, 3.63) is 87.4 Å². The van der Waals surface area contributed by atoms with Crippen molar-refractivity contribution in [2.75, 3.05) is 17.5 Å². The van der Waals surface area contributed by atoms with Crippen LogP contribution in [0.25, 0.3) is 0 Å². The van der Waals surface area contributed by atoms with E-state index in [4.69, 9.17) is 39.5 Å².